The Hall–Kier alpha value is -3.13. The third-order valence-electron chi connectivity index (χ3n) is 6.64. The van der Waals surface area contributed by atoms with Crippen molar-refractivity contribution in [3.05, 3.63) is 53.1 Å². The Morgan fingerprint density at radius 3 is 2.14 bits per heavy atom. The summed E-state index contributed by atoms with van der Waals surface area (Å²) in [4.78, 5) is 31.6. The standard InChI is InChI=1S/C23H27ClF2N6O8S2/c1-29-6-8-30(9-7-29)23(34)28-42(37,38)31-10-11-32(20(14-31)22(33)40-27)41(35,36)17-12-18(25)21(19(26)13-17)39-16-4-2-15(24)3-5-16/h2-5,12-13,20H,6-11,14,27H2,1H3,(H,28,34)/t20-/m1/s1. The molecule has 42 heavy (non-hydrogen) atoms. The summed E-state index contributed by atoms with van der Waals surface area (Å²) >= 11 is 5.79. The highest BCUT2D eigenvalue weighted by Crippen LogP contribution is 2.32. The van der Waals surface area contributed by atoms with E-state index in [2.05, 4.69) is 4.84 Å². The molecule has 0 unspecified atom stereocenters. The smallest absolute Gasteiger partial charge is 0.344 e. The van der Waals surface area contributed by atoms with Crippen LogP contribution in [-0.4, -0.2) is 106 Å². The molecule has 0 aliphatic carbocycles. The fourth-order valence-corrected chi connectivity index (χ4v) is 7.16. The molecule has 1 atom stereocenters. The number of hydrogen-bond donors (Lipinski definition) is 2. The molecule has 2 saturated heterocycles. The van der Waals surface area contributed by atoms with E-state index < -0.39 is 80.2 Å². The lowest BCUT2D eigenvalue weighted by Gasteiger charge is -2.38. The summed E-state index contributed by atoms with van der Waals surface area (Å²) in [6, 6.07) is 3.77. The van der Waals surface area contributed by atoms with Gasteiger partial charge in [-0.3, -0.25) is 0 Å². The molecule has 3 N–H and O–H groups in total. The van der Waals surface area contributed by atoms with E-state index >= 15 is 0 Å². The first-order chi connectivity index (χ1) is 19.7. The summed E-state index contributed by atoms with van der Waals surface area (Å²) in [5.41, 5.74) is 0. The summed E-state index contributed by atoms with van der Waals surface area (Å²) in [7, 11) is -7.51. The molecule has 2 amide bonds. The highest BCUT2D eigenvalue weighted by Gasteiger charge is 2.45. The predicted molar refractivity (Wildman–Crippen MR) is 144 cm³/mol. The van der Waals surface area contributed by atoms with Gasteiger partial charge in [-0.05, 0) is 43.4 Å². The van der Waals surface area contributed by atoms with Crippen LogP contribution in [0.1, 0.15) is 0 Å². The van der Waals surface area contributed by atoms with Crippen molar-refractivity contribution < 1.29 is 44.8 Å². The summed E-state index contributed by atoms with van der Waals surface area (Å²) in [5, 5.41) is 0.348. The molecule has 2 heterocycles. The zero-order chi connectivity index (χ0) is 30.8. The normalized spacial score (nSPS) is 19.4. The van der Waals surface area contributed by atoms with E-state index in [0.29, 0.717) is 38.9 Å². The largest absolute Gasteiger partial charge is 0.451 e. The van der Waals surface area contributed by atoms with Crippen LogP contribution in [0.2, 0.25) is 5.02 Å². The Labute approximate surface area is 245 Å². The molecule has 19 heteroatoms. The number of ether oxygens (including phenoxy) is 1. The fourth-order valence-electron chi connectivity index (χ4n) is 4.31. The van der Waals surface area contributed by atoms with Crippen LogP contribution in [0, 0.1) is 11.6 Å². The molecule has 2 aliphatic rings. The number of sulfonamides is 1. The second-order valence-electron chi connectivity index (χ2n) is 9.40. The van der Waals surface area contributed by atoms with Gasteiger partial charge in [0.2, 0.25) is 10.0 Å². The van der Waals surface area contributed by atoms with Gasteiger partial charge in [-0.2, -0.15) is 22.9 Å². The van der Waals surface area contributed by atoms with Crippen molar-refractivity contribution in [2.45, 2.75) is 10.9 Å². The number of urea groups is 1. The zero-order valence-corrected chi connectivity index (χ0v) is 24.5. The highest BCUT2D eigenvalue weighted by molar-refractivity contribution is 7.89. The van der Waals surface area contributed by atoms with Crippen molar-refractivity contribution in [2.24, 2.45) is 5.90 Å². The molecule has 0 aromatic heterocycles. The third-order valence-corrected chi connectivity index (χ3v) is 10.2. The van der Waals surface area contributed by atoms with Gasteiger partial charge in [-0.15, -0.1) is 0 Å². The summed E-state index contributed by atoms with van der Waals surface area (Å²) in [5.74, 6) is 0.0405. The van der Waals surface area contributed by atoms with Gasteiger partial charge in [0.05, 0.1) is 4.90 Å². The number of piperazine rings is 2. The summed E-state index contributed by atoms with van der Waals surface area (Å²) in [6.45, 7) is -0.331. The predicted octanol–water partition coefficient (Wildman–Crippen LogP) is 0.704. The number of carbonyl (C=O) groups is 2. The number of nitrogens with zero attached hydrogens (tertiary/aromatic N) is 4. The monoisotopic (exact) mass is 652 g/mol. The van der Waals surface area contributed by atoms with Gasteiger partial charge < -0.3 is 19.4 Å². The van der Waals surface area contributed by atoms with E-state index in [1.165, 1.54) is 29.2 Å². The van der Waals surface area contributed by atoms with Crippen LogP contribution < -0.4 is 15.4 Å². The van der Waals surface area contributed by atoms with Crippen molar-refractivity contribution in [3.8, 4) is 11.5 Å². The first kappa shape index (κ1) is 31.8. The quantitative estimate of drug-likeness (QED) is 0.406. The minimum Gasteiger partial charge on any atom is -0.451 e. The van der Waals surface area contributed by atoms with Gasteiger partial charge in [0, 0.05) is 50.8 Å². The first-order valence-corrected chi connectivity index (χ1v) is 15.6. The molecule has 0 bridgehead atoms. The number of nitrogens with two attached hydrogens (primary N) is 1. The van der Waals surface area contributed by atoms with Crippen molar-refractivity contribution in [1.29, 1.82) is 0 Å². The number of likely N-dealkylation sites (N-methyl/N-ethyl adjacent to an activating group) is 1. The van der Waals surface area contributed by atoms with E-state index in [1.54, 1.807) is 0 Å². The van der Waals surface area contributed by atoms with Crippen LogP contribution in [0.3, 0.4) is 0 Å². The number of rotatable bonds is 7. The lowest BCUT2D eigenvalue weighted by Crippen LogP contribution is -2.62. The van der Waals surface area contributed by atoms with E-state index in [1.807, 2.05) is 16.7 Å². The number of benzene rings is 2. The van der Waals surface area contributed by atoms with Crippen LogP contribution in [0.4, 0.5) is 13.6 Å². The molecule has 230 valence electrons. The van der Waals surface area contributed by atoms with Gasteiger partial charge in [-0.25, -0.2) is 31.5 Å². The van der Waals surface area contributed by atoms with Gasteiger partial charge in [0.25, 0.3) is 0 Å². The molecule has 2 aromatic carbocycles. The number of hydrogen-bond acceptors (Lipinski definition) is 10. The van der Waals surface area contributed by atoms with Crippen molar-refractivity contribution in [2.75, 3.05) is 52.9 Å². The summed E-state index contributed by atoms with van der Waals surface area (Å²) < 4.78 is 90.9. The molecule has 0 radical (unpaired) electrons. The van der Waals surface area contributed by atoms with Crippen LogP contribution in [0.15, 0.2) is 41.3 Å². The lowest BCUT2D eigenvalue weighted by atomic mass is 10.2. The average molecular weight is 653 g/mol. The first-order valence-electron chi connectivity index (χ1n) is 12.3. The Bertz CT molecular complexity index is 1530. The number of nitrogens with one attached hydrogen (secondary N) is 1. The van der Waals surface area contributed by atoms with Gasteiger partial charge in [-0.1, -0.05) is 11.6 Å². The topological polar surface area (TPSA) is 172 Å². The minimum atomic E-state index is -4.82. The highest BCUT2D eigenvalue weighted by atomic mass is 35.5. The number of halogens is 3. The Balaban J connectivity index is 1.54. The van der Waals surface area contributed by atoms with Crippen molar-refractivity contribution in [1.82, 2.24) is 23.1 Å². The van der Waals surface area contributed by atoms with E-state index in [4.69, 9.17) is 22.2 Å². The Morgan fingerprint density at radius 2 is 1.57 bits per heavy atom. The molecule has 14 nitrogen and oxygen atoms in total. The SMILES string of the molecule is CN1CCN(C(=O)NS(=O)(=O)N2CCN(S(=O)(=O)c3cc(F)c(Oc4ccc(Cl)cc4)c(F)c3)[C@@H](C(=O)ON)C2)CC1. The number of carbonyl (C=O) groups excluding carboxylic acids is 2. The van der Waals surface area contributed by atoms with E-state index in [9.17, 15) is 35.2 Å². The molecule has 2 aromatic rings. The van der Waals surface area contributed by atoms with Crippen LogP contribution in [0.25, 0.3) is 0 Å². The van der Waals surface area contributed by atoms with Crippen LogP contribution in [0.5, 0.6) is 11.5 Å². The van der Waals surface area contributed by atoms with E-state index in [-0.39, 0.29) is 18.8 Å². The van der Waals surface area contributed by atoms with Crippen LogP contribution in [-0.2, 0) is 29.9 Å². The maximum atomic E-state index is 14.9. The second-order valence-corrected chi connectivity index (χ2v) is 13.4. The van der Waals surface area contributed by atoms with Gasteiger partial charge in [0.1, 0.15) is 11.8 Å². The molecular formula is C23H27ClF2N6O8S2. The average Bonchev–Trinajstić information content (AvgIpc) is 2.95. The lowest BCUT2D eigenvalue weighted by molar-refractivity contribution is -0.150. The zero-order valence-electron chi connectivity index (χ0n) is 22.1. The molecule has 2 fully saturated rings. The second kappa shape index (κ2) is 12.6. The molecule has 4 rings (SSSR count). The fraction of sp³-hybridized carbons (Fsp3) is 0.391. The Kier molecular flexibility index (Phi) is 9.55. The van der Waals surface area contributed by atoms with Crippen molar-refractivity contribution >= 4 is 43.8 Å². The Morgan fingerprint density at radius 1 is 0.976 bits per heavy atom. The molecule has 2 aliphatic heterocycles. The molecule has 0 spiro atoms. The molecular weight excluding hydrogens is 626 g/mol. The third kappa shape index (κ3) is 6.91. The molecule has 0 saturated carbocycles. The van der Waals surface area contributed by atoms with Crippen molar-refractivity contribution in [3.63, 3.8) is 0 Å². The maximum absolute atomic E-state index is 14.9. The van der Waals surface area contributed by atoms with E-state index in [0.717, 1.165) is 0 Å². The number of amides is 2. The van der Waals surface area contributed by atoms with Crippen LogP contribution >= 0.6 is 11.6 Å². The summed E-state index contributed by atoms with van der Waals surface area (Å²) in [6.07, 6.45) is 0. The minimum absolute atomic E-state index is 0.0237. The van der Waals surface area contributed by atoms with Gasteiger partial charge >= 0.3 is 22.2 Å². The maximum Gasteiger partial charge on any atom is 0.344 e. The van der Waals surface area contributed by atoms with Gasteiger partial charge in [0.15, 0.2) is 17.4 Å².